The van der Waals surface area contributed by atoms with Crippen molar-refractivity contribution in [3.8, 4) is 5.75 Å². The van der Waals surface area contributed by atoms with Gasteiger partial charge in [0.2, 0.25) is 0 Å². The van der Waals surface area contributed by atoms with Crippen LogP contribution in [0.4, 0.5) is 0 Å². The summed E-state index contributed by atoms with van der Waals surface area (Å²) in [7, 11) is 1.74. The number of carbonyl (C=O) groups excluding carboxylic acids is 1. The zero-order chi connectivity index (χ0) is 18.5. The number of benzene rings is 1. The lowest BCUT2D eigenvalue weighted by atomic mass is 10.3. The first-order chi connectivity index (χ1) is 12.5. The molecule has 8 heteroatoms. The Morgan fingerprint density at radius 3 is 2.69 bits per heavy atom. The summed E-state index contributed by atoms with van der Waals surface area (Å²) in [4.78, 5) is 14.1. The topological polar surface area (TPSA) is 65.2 Å². The molecule has 0 saturated heterocycles. The maximum atomic E-state index is 12.5. The first-order valence-electron chi connectivity index (χ1n) is 8.23. The number of carbonyl (C=O) groups is 1. The molecule has 0 unspecified atom stereocenters. The molecule has 26 heavy (non-hydrogen) atoms. The van der Waals surface area contributed by atoms with Crippen LogP contribution in [0.3, 0.4) is 0 Å². The normalized spacial score (nSPS) is 10.7. The number of nitrogens with zero attached hydrogens (tertiary/aromatic N) is 5. The summed E-state index contributed by atoms with van der Waals surface area (Å²) >= 11 is 5.84. The molecule has 0 spiro atoms. The Morgan fingerprint density at radius 2 is 2.00 bits per heavy atom. The molecule has 3 rings (SSSR count). The van der Waals surface area contributed by atoms with Gasteiger partial charge in [0.05, 0.1) is 6.20 Å². The zero-order valence-corrected chi connectivity index (χ0v) is 15.4. The number of aromatic nitrogens is 4. The van der Waals surface area contributed by atoms with Gasteiger partial charge in [-0.2, -0.15) is 10.2 Å². The Balaban J connectivity index is 1.57. The number of rotatable bonds is 7. The number of hydrogen-bond donors (Lipinski definition) is 0. The highest BCUT2D eigenvalue weighted by Crippen LogP contribution is 2.16. The van der Waals surface area contributed by atoms with Crippen molar-refractivity contribution in [3.05, 3.63) is 65.2 Å². The molecule has 1 aromatic carbocycles. The summed E-state index contributed by atoms with van der Waals surface area (Å²) in [5.74, 6) is 0.530. The van der Waals surface area contributed by atoms with Crippen LogP contribution < -0.4 is 4.74 Å². The van der Waals surface area contributed by atoms with E-state index in [1.807, 2.05) is 17.8 Å². The maximum Gasteiger partial charge on any atom is 0.274 e. The fourth-order valence-corrected chi connectivity index (χ4v) is 2.55. The lowest BCUT2D eigenvalue weighted by Gasteiger charge is -2.14. The van der Waals surface area contributed by atoms with E-state index in [4.69, 9.17) is 16.3 Å². The third-order valence-corrected chi connectivity index (χ3v) is 4.07. The minimum Gasteiger partial charge on any atom is -0.471 e. The molecule has 136 valence electrons. The second-order valence-corrected chi connectivity index (χ2v) is 6.27. The van der Waals surface area contributed by atoms with Gasteiger partial charge in [-0.15, -0.1) is 0 Å². The molecule has 0 atom stereocenters. The molecule has 0 N–H and O–H groups in total. The number of aryl methyl sites for hydroxylation is 1. The third kappa shape index (κ3) is 4.43. The molecule has 0 aliphatic heterocycles. The molecule has 0 bridgehead atoms. The zero-order valence-electron chi connectivity index (χ0n) is 14.7. The van der Waals surface area contributed by atoms with Crippen LogP contribution in [0.15, 0.2) is 48.9 Å². The Morgan fingerprint density at radius 1 is 1.23 bits per heavy atom. The van der Waals surface area contributed by atoms with Crippen molar-refractivity contribution < 1.29 is 9.53 Å². The standard InChI is InChI=1S/C18H20ClN5O2/c1-3-23-12-14(10-20-23)11-22(2)18(25)17-8-9-24(21-17)13-26-16-6-4-15(19)5-7-16/h4-10,12H,3,11,13H2,1-2H3. The van der Waals surface area contributed by atoms with Gasteiger partial charge < -0.3 is 9.64 Å². The summed E-state index contributed by atoms with van der Waals surface area (Å²) in [6.07, 6.45) is 5.42. The predicted molar refractivity (Wildman–Crippen MR) is 98.0 cm³/mol. The number of halogens is 1. The van der Waals surface area contributed by atoms with E-state index < -0.39 is 0 Å². The van der Waals surface area contributed by atoms with Crippen LogP contribution in [0, 0.1) is 0 Å². The highest BCUT2D eigenvalue weighted by atomic mass is 35.5. The number of hydrogen-bond acceptors (Lipinski definition) is 4. The van der Waals surface area contributed by atoms with E-state index in [0.29, 0.717) is 23.0 Å². The summed E-state index contributed by atoms with van der Waals surface area (Å²) in [5, 5.41) is 9.15. The smallest absolute Gasteiger partial charge is 0.274 e. The van der Waals surface area contributed by atoms with E-state index in [2.05, 4.69) is 10.2 Å². The molecule has 0 radical (unpaired) electrons. The van der Waals surface area contributed by atoms with Crippen LogP contribution in [0.2, 0.25) is 5.02 Å². The van der Waals surface area contributed by atoms with Crippen LogP contribution in [-0.4, -0.2) is 37.4 Å². The van der Waals surface area contributed by atoms with Crippen molar-refractivity contribution in [2.24, 2.45) is 0 Å². The van der Waals surface area contributed by atoms with Crippen molar-refractivity contribution in [1.29, 1.82) is 0 Å². The average Bonchev–Trinajstić information content (AvgIpc) is 3.30. The first-order valence-corrected chi connectivity index (χ1v) is 8.61. The largest absolute Gasteiger partial charge is 0.471 e. The second kappa shape index (κ2) is 8.05. The first kappa shape index (κ1) is 18.0. The van der Waals surface area contributed by atoms with E-state index in [9.17, 15) is 4.79 Å². The van der Waals surface area contributed by atoms with Crippen molar-refractivity contribution in [2.75, 3.05) is 7.05 Å². The molecular weight excluding hydrogens is 354 g/mol. The Labute approximate surface area is 156 Å². The monoisotopic (exact) mass is 373 g/mol. The van der Waals surface area contributed by atoms with Gasteiger partial charge in [-0.1, -0.05) is 11.6 Å². The van der Waals surface area contributed by atoms with Gasteiger partial charge in [-0.05, 0) is 37.3 Å². The van der Waals surface area contributed by atoms with Crippen LogP contribution in [0.5, 0.6) is 5.75 Å². The molecule has 7 nitrogen and oxygen atoms in total. The molecule has 0 saturated carbocycles. The van der Waals surface area contributed by atoms with Gasteiger partial charge in [-0.25, -0.2) is 4.68 Å². The number of amides is 1. The maximum absolute atomic E-state index is 12.5. The third-order valence-electron chi connectivity index (χ3n) is 3.81. The van der Waals surface area contributed by atoms with Crippen LogP contribution in [0.1, 0.15) is 23.0 Å². The number of ether oxygens (including phenoxy) is 1. The van der Waals surface area contributed by atoms with Crippen molar-refractivity contribution in [1.82, 2.24) is 24.5 Å². The van der Waals surface area contributed by atoms with E-state index in [1.165, 1.54) is 0 Å². The summed E-state index contributed by atoms with van der Waals surface area (Å²) < 4.78 is 9.02. The Kier molecular flexibility index (Phi) is 5.58. The minimum absolute atomic E-state index is 0.153. The SMILES string of the molecule is CCn1cc(CN(C)C(=O)c2ccn(COc3ccc(Cl)cc3)n2)cn1. The Bertz CT molecular complexity index is 872. The second-order valence-electron chi connectivity index (χ2n) is 5.83. The summed E-state index contributed by atoms with van der Waals surface area (Å²) in [5.41, 5.74) is 1.35. The predicted octanol–water partition coefficient (Wildman–Crippen LogP) is 3.06. The lowest BCUT2D eigenvalue weighted by Crippen LogP contribution is -2.26. The van der Waals surface area contributed by atoms with Crippen LogP contribution in [0.25, 0.3) is 0 Å². The Hall–Kier alpha value is -2.80. The quantitative estimate of drug-likeness (QED) is 0.638. The van der Waals surface area contributed by atoms with Crippen LogP contribution >= 0.6 is 11.6 Å². The summed E-state index contributed by atoms with van der Waals surface area (Å²) in [6, 6.07) is 8.75. The van der Waals surface area contributed by atoms with Gasteiger partial charge >= 0.3 is 0 Å². The molecule has 0 aliphatic rings. The van der Waals surface area contributed by atoms with Crippen molar-refractivity contribution >= 4 is 17.5 Å². The average molecular weight is 374 g/mol. The fraction of sp³-hybridized carbons (Fsp3) is 0.278. The van der Waals surface area contributed by atoms with E-state index in [1.54, 1.807) is 59.4 Å². The van der Waals surface area contributed by atoms with E-state index >= 15 is 0 Å². The van der Waals surface area contributed by atoms with E-state index in [-0.39, 0.29) is 12.6 Å². The highest BCUT2D eigenvalue weighted by Gasteiger charge is 2.16. The van der Waals surface area contributed by atoms with E-state index in [0.717, 1.165) is 12.1 Å². The van der Waals surface area contributed by atoms with Gasteiger partial charge in [0.15, 0.2) is 12.4 Å². The van der Waals surface area contributed by atoms with Crippen molar-refractivity contribution in [3.63, 3.8) is 0 Å². The minimum atomic E-state index is -0.153. The lowest BCUT2D eigenvalue weighted by molar-refractivity contribution is 0.0777. The highest BCUT2D eigenvalue weighted by molar-refractivity contribution is 6.30. The molecular formula is C18H20ClN5O2. The molecule has 3 aromatic rings. The van der Waals surface area contributed by atoms with Gasteiger partial charge in [0, 0.05) is 43.1 Å². The van der Waals surface area contributed by atoms with Gasteiger partial charge in [-0.3, -0.25) is 9.48 Å². The fourth-order valence-electron chi connectivity index (χ4n) is 2.42. The molecule has 0 fully saturated rings. The molecule has 1 amide bonds. The molecule has 0 aliphatic carbocycles. The molecule has 2 heterocycles. The van der Waals surface area contributed by atoms with Crippen LogP contribution in [-0.2, 0) is 19.8 Å². The van der Waals surface area contributed by atoms with Gasteiger partial charge in [0.25, 0.3) is 5.91 Å². The molecule has 2 aromatic heterocycles. The van der Waals surface area contributed by atoms with Gasteiger partial charge in [0.1, 0.15) is 5.75 Å². The summed E-state index contributed by atoms with van der Waals surface area (Å²) in [6.45, 7) is 3.51. The van der Waals surface area contributed by atoms with Crippen molar-refractivity contribution in [2.45, 2.75) is 26.7 Å².